The standard InChI is InChI=1S/C17H22N2O3/c1-12(2)14-4-6-15(7-5-14)21-11-17(20)18-9-8-16-10-13(3)19-22-16/h4-7,10,12H,8-9,11H2,1-3H3,(H,18,20). The molecular formula is C17H22N2O3. The van der Waals surface area contributed by atoms with Crippen LogP contribution in [0.15, 0.2) is 34.9 Å². The van der Waals surface area contributed by atoms with Crippen LogP contribution in [-0.2, 0) is 11.2 Å². The van der Waals surface area contributed by atoms with Crippen LogP contribution in [0.2, 0.25) is 0 Å². The summed E-state index contributed by atoms with van der Waals surface area (Å²) >= 11 is 0. The molecule has 0 aliphatic heterocycles. The zero-order valence-corrected chi connectivity index (χ0v) is 13.3. The first-order chi connectivity index (χ1) is 10.5. The lowest BCUT2D eigenvalue weighted by Crippen LogP contribution is -2.30. The third-order valence-electron chi connectivity index (χ3n) is 3.29. The van der Waals surface area contributed by atoms with Crippen LogP contribution in [0.25, 0.3) is 0 Å². The van der Waals surface area contributed by atoms with Gasteiger partial charge in [-0.15, -0.1) is 0 Å². The Morgan fingerprint density at radius 1 is 1.32 bits per heavy atom. The number of rotatable bonds is 7. The smallest absolute Gasteiger partial charge is 0.257 e. The molecule has 5 nitrogen and oxygen atoms in total. The summed E-state index contributed by atoms with van der Waals surface area (Å²) < 4.78 is 10.5. The number of benzene rings is 1. The fourth-order valence-electron chi connectivity index (χ4n) is 2.01. The Morgan fingerprint density at radius 3 is 2.64 bits per heavy atom. The predicted octanol–water partition coefficient (Wildman–Crippen LogP) is 2.84. The molecule has 22 heavy (non-hydrogen) atoms. The minimum Gasteiger partial charge on any atom is -0.484 e. The highest BCUT2D eigenvalue weighted by atomic mass is 16.5. The molecule has 0 saturated carbocycles. The van der Waals surface area contributed by atoms with Crippen molar-refractivity contribution in [3.8, 4) is 5.75 Å². The van der Waals surface area contributed by atoms with E-state index in [2.05, 4.69) is 24.3 Å². The van der Waals surface area contributed by atoms with Crippen molar-refractivity contribution in [2.45, 2.75) is 33.1 Å². The van der Waals surface area contributed by atoms with E-state index in [0.717, 1.165) is 11.5 Å². The fraction of sp³-hybridized carbons (Fsp3) is 0.412. The number of carbonyl (C=O) groups excluding carboxylic acids is 1. The summed E-state index contributed by atoms with van der Waals surface area (Å²) in [5.74, 6) is 1.80. The van der Waals surface area contributed by atoms with E-state index < -0.39 is 0 Å². The van der Waals surface area contributed by atoms with E-state index in [1.165, 1.54) is 5.56 Å². The maximum atomic E-state index is 11.7. The van der Waals surface area contributed by atoms with Crippen molar-refractivity contribution in [3.63, 3.8) is 0 Å². The highest BCUT2D eigenvalue weighted by Crippen LogP contribution is 2.18. The normalized spacial score (nSPS) is 10.7. The van der Waals surface area contributed by atoms with E-state index >= 15 is 0 Å². The van der Waals surface area contributed by atoms with Gasteiger partial charge in [0, 0.05) is 19.0 Å². The Balaban J connectivity index is 1.68. The largest absolute Gasteiger partial charge is 0.484 e. The molecule has 0 saturated heterocycles. The van der Waals surface area contributed by atoms with Crippen LogP contribution < -0.4 is 10.1 Å². The molecule has 0 bridgehead atoms. The lowest BCUT2D eigenvalue weighted by molar-refractivity contribution is -0.123. The maximum Gasteiger partial charge on any atom is 0.257 e. The van der Waals surface area contributed by atoms with E-state index in [9.17, 15) is 4.79 Å². The topological polar surface area (TPSA) is 64.4 Å². The quantitative estimate of drug-likeness (QED) is 0.854. The van der Waals surface area contributed by atoms with Crippen molar-refractivity contribution < 1.29 is 14.1 Å². The molecule has 1 heterocycles. The highest BCUT2D eigenvalue weighted by molar-refractivity contribution is 5.77. The van der Waals surface area contributed by atoms with Gasteiger partial charge in [-0.2, -0.15) is 0 Å². The van der Waals surface area contributed by atoms with Gasteiger partial charge >= 0.3 is 0 Å². The average molecular weight is 302 g/mol. The molecule has 2 aromatic rings. The molecule has 0 unspecified atom stereocenters. The molecule has 1 aromatic carbocycles. The van der Waals surface area contributed by atoms with Crippen LogP contribution in [0.1, 0.15) is 36.8 Å². The van der Waals surface area contributed by atoms with Crippen LogP contribution in [0.5, 0.6) is 5.75 Å². The molecule has 118 valence electrons. The Labute approximate surface area is 130 Å². The van der Waals surface area contributed by atoms with Gasteiger partial charge in [0.25, 0.3) is 5.91 Å². The first kappa shape index (κ1) is 16.1. The third kappa shape index (κ3) is 4.91. The minimum absolute atomic E-state index is 0.0104. The van der Waals surface area contributed by atoms with Crippen LogP contribution in [0.3, 0.4) is 0 Å². The summed E-state index contributed by atoms with van der Waals surface area (Å²) in [4.78, 5) is 11.7. The zero-order valence-electron chi connectivity index (χ0n) is 13.3. The fourth-order valence-corrected chi connectivity index (χ4v) is 2.01. The van der Waals surface area contributed by atoms with Crippen LogP contribution in [0.4, 0.5) is 0 Å². The Bertz CT molecular complexity index is 603. The molecule has 1 amide bonds. The van der Waals surface area contributed by atoms with E-state index in [0.29, 0.717) is 24.6 Å². The van der Waals surface area contributed by atoms with Crippen molar-refractivity contribution in [3.05, 3.63) is 47.3 Å². The maximum absolute atomic E-state index is 11.7. The monoisotopic (exact) mass is 302 g/mol. The number of aromatic nitrogens is 1. The van der Waals surface area contributed by atoms with Crippen molar-refractivity contribution in [1.29, 1.82) is 0 Å². The number of aryl methyl sites for hydroxylation is 1. The summed E-state index contributed by atoms with van der Waals surface area (Å²) in [7, 11) is 0. The minimum atomic E-state index is -0.149. The Kier molecular flexibility index (Phi) is 5.58. The molecule has 0 spiro atoms. The van der Waals surface area contributed by atoms with Crippen LogP contribution >= 0.6 is 0 Å². The number of hydrogen-bond donors (Lipinski definition) is 1. The number of amides is 1. The van der Waals surface area contributed by atoms with Gasteiger partial charge in [-0.25, -0.2) is 0 Å². The zero-order chi connectivity index (χ0) is 15.9. The molecule has 1 N–H and O–H groups in total. The van der Waals surface area contributed by atoms with Gasteiger partial charge in [0.05, 0.1) is 5.69 Å². The van der Waals surface area contributed by atoms with E-state index in [1.807, 2.05) is 37.3 Å². The molecule has 0 fully saturated rings. The highest BCUT2D eigenvalue weighted by Gasteiger charge is 2.05. The molecule has 0 radical (unpaired) electrons. The predicted molar refractivity (Wildman–Crippen MR) is 84.0 cm³/mol. The number of ether oxygens (including phenoxy) is 1. The van der Waals surface area contributed by atoms with Gasteiger partial charge < -0.3 is 14.6 Å². The van der Waals surface area contributed by atoms with Crippen molar-refractivity contribution >= 4 is 5.91 Å². The van der Waals surface area contributed by atoms with Crippen molar-refractivity contribution in [2.24, 2.45) is 0 Å². The van der Waals surface area contributed by atoms with Crippen LogP contribution in [0, 0.1) is 6.92 Å². The molecule has 0 aliphatic carbocycles. The average Bonchev–Trinajstić information content (AvgIpc) is 2.91. The molecular weight excluding hydrogens is 280 g/mol. The summed E-state index contributed by atoms with van der Waals surface area (Å²) in [6.45, 7) is 6.66. The van der Waals surface area contributed by atoms with Gasteiger partial charge in [-0.1, -0.05) is 31.1 Å². The second-order valence-electron chi connectivity index (χ2n) is 5.55. The van der Waals surface area contributed by atoms with Crippen molar-refractivity contribution in [1.82, 2.24) is 10.5 Å². The van der Waals surface area contributed by atoms with Gasteiger partial charge in [0.15, 0.2) is 6.61 Å². The van der Waals surface area contributed by atoms with Gasteiger partial charge in [-0.05, 0) is 30.5 Å². The second-order valence-corrected chi connectivity index (χ2v) is 5.55. The van der Waals surface area contributed by atoms with Crippen molar-refractivity contribution in [2.75, 3.05) is 13.2 Å². The number of nitrogens with one attached hydrogen (secondary N) is 1. The van der Waals surface area contributed by atoms with Gasteiger partial charge in [0.1, 0.15) is 11.5 Å². The number of hydrogen-bond acceptors (Lipinski definition) is 4. The number of nitrogens with zero attached hydrogens (tertiary/aromatic N) is 1. The molecule has 2 rings (SSSR count). The molecule has 5 heteroatoms. The van der Waals surface area contributed by atoms with E-state index in [1.54, 1.807) is 0 Å². The van der Waals surface area contributed by atoms with Gasteiger partial charge in [-0.3, -0.25) is 4.79 Å². The summed E-state index contributed by atoms with van der Waals surface area (Å²) in [5, 5.41) is 6.59. The Hall–Kier alpha value is -2.30. The van der Waals surface area contributed by atoms with Crippen LogP contribution in [-0.4, -0.2) is 24.2 Å². The molecule has 0 atom stereocenters. The Morgan fingerprint density at radius 2 is 2.05 bits per heavy atom. The molecule has 0 aliphatic rings. The SMILES string of the molecule is Cc1cc(CCNC(=O)COc2ccc(C(C)C)cc2)on1. The van der Waals surface area contributed by atoms with Gasteiger partial charge in [0.2, 0.25) is 0 Å². The third-order valence-corrected chi connectivity index (χ3v) is 3.29. The first-order valence-corrected chi connectivity index (χ1v) is 7.46. The second kappa shape index (κ2) is 7.64. The lowest BCUT2D eigenvalue weighted by atomic mass is 10.0. The molecule has 1 aromatic heterocycles. The summed E-state index contributed by atoms with van der Waals surface area (Å²) in [5.41, 5.74) is 2.09. The first-order valence-electron chi connectivity index (χ1n) is 7.46. The van der Waals surface area contributed by atoms with E-state index in [-0.39, 0.29) is 12.5 Å². The summed E-state index contributed by atoms with van der Waals surface area (Å²) in [6.07, 6.45) is 0.621. The number of carbonyl (C=O) groups is 1. The summed E-state index contributed by atoms with van der Waals surface area (Å²) in [6, 6.07) is 9.67. The lowest BCUT2D eigenvalue weighted by Gasteiger charge is -2.09. The van der Waals surface area contributed by atoms with E-state index in [4.69, 9.17) is 9.26 Å².